The number of carbonyl (C=O) groups is 2. The molecule has 0 unspecified atom stereocenters. The van der Waals surface area contributed by atoms with Crippen LogP contribution in [0, 0.1) is 13.8 Å². The van der Waals surface area contributed by atoms with E-state index in [1.807, 2.05) is 44.2 Å². The van der Waals surface area contributed by atoms with Crippen molar-refractivity contribution < 1.29 is 14.3 Å². The number of amides is 2. The van der Waals surface area contributed by atoms with Gasteiger partial charge in [-0.1, -0.05) is 18.2 Å². The Morgan fingerprint density at radius 3 is 2.27 bits per heavy atom. The third-order valence-electron chi connectivity index (χ3n) is 4.60. The van der Waals surface area contributed by atoms with Crippen LogP contribution in [0.3, 0.4) is 0 Å². The molecule has 0 saturated carbocycles. The summed E-state index contributed by atoms with van der Waals surface area (Å²) in [6.45, 7) is 7.86. The van der Waals surface area contributed by atoms with E-state index >= 15 is 0 Å². The highest BCUT2D eigenvalue weighted by atomic mass is 16.6. The number of carbonyl (C=O) groups excluding carboxylic acids is 2. The lowest BCUT2D eigenvalue weighted by Crippen LogP contribution is -2.50. The summed E-state index contributed by atoms with van der Waals surface area (Å²) in [6.07, 6.45) is -0.316. The number of piperazine rings is 1. The first kappa shape index (κ1) is 18.0. The van der Waals surface area contributed by atoms with E-state index in [0.29, 0.717) is 44.0 Å². The number of para-hydroxylation sites is 1. The molecular formula is C19H24N4O3. The Hall–Kier alpha value is -2.83. The number of aryl methyl sites for hydroxylation is 1. The van der Waals surface area contributed by atoms with Crippen LogP contribution in [-0.4, -0.2) is 64.4 Å². The number of rotatable bonds is 3. The van der Waals surface area contributed by atoms with E-state index in [-0.39, 0.29) is 12.0 Å². The average molecular weight is 356 g/mol. The van der Waals surface area contributed by atoms with Crippen molar-refractivity contribution in [3.8, 4) is 5.69 Å². The van der Waals surface area contributed by atoms with Crippen LogP contribution in [0.15, 0.2) is 30.3 Å². The van der Waals surface area contributed by atoms with Gasteiger partial charge in [-0.3, -0.25) is 4.79 Å². The maximum Gasteiger partial charge on any atom is 0.409 e. The third kappa shape index (κ3) is 3.42. The fraction of sp³-hybridized carbons (Fsp3) is 0.421. The second-order valence-electron chi connectivity index (χ2n) is 6.27. The molecule has 0 radical (unpaired) electrons. The minimum absolute atomic E-state index is 0.0364. The molecule has 3 rings (SSSR count). The van der Waals surface area contributed by atoms with Gasteiger partial charge in [0.05, 0.1) is 29.2 Å². The Morgan fingerprint density at radius 2 is 1.65 bits per heavy atom. The smallest absolute Gasteiger partial charge is 0.409 e. The predicted octanol–water partition coefficient (Wildman–Crippen LogP) is 2.40. The highest BCUT2D eigenvalue weighted by Crippen LogP contribution is 2.20. The Labute approximate surface area is 153 Å². The van der Waals surface area contributed by atoms with Crippen molar-refractivity contribution >= 4 is 12.0 Å². The van der Waals surface area contributed by atoms with Crippen molar-refractivity contribution in [1.82, 2.24) is 19.6 Å². The summed E-state index contributed by atoms with van der Waals surface area (Å²) in [5.74, 6) is -0.0364. The van der Waals surface area contributed by atoms with Gasteiger partial charge in [0, 0.05) is 26.2 Å². The topological polar surface area (TPSA) is 67.7 Å². The highest BCUT2D eigenvalue weighted by molar-refractivity contribution is 5.96. The number of benzene rings is 1. The SMILES string of the molecule is CCOC(=O)N1CCN(C(=O)c2c(C)nn(-c3ccccc3)c2C)CC1. The van der Waals surface area contributed by atoms with Crippen LogP contribution in [0.4, 0.5) is 4.79 Å². The molecule has 2 heterocycles. The molecule has 1 aromatic carbocycles. The second-order valence-corrected chi connectivity index (χ2v) is 6.27. The minimum Gasteiger partial charge on any atom is -0.450 e. The van der Waals surface area contributed by atoms with Crippen LogP contribution >= 0.6 is 0 Å². The van der Waals surface area contributed by atoms with Crippen LogP contribution in [0.5, 0.6) is 0 Å². The Balaban J connectivity index is 1.75. The summed E-state index contributed by atoms with van der Waals surface area (Å²) in [5, 5.41) is 4.55. The van der Waals surface area contributed by atoms with Crippen molar-refractivity contribution in [3.63, 3.8) is 0 Å². The molecule has 1 aliphatic rings. The Bertz CT molecular complexity index is 793. The van der Waals surface area contributed by atoms with Gasteiger partial charge in [-0.15, -0.1) is 0 Å². The molecule has 0 N–H and O–H groups in total. The molecule has 1 fully saturated rings. The van der Waals surface area contributed by atoms with Gasteiger partial charge >= 0.3 is 6.09 Å². The van der Waals surface area contributed by atoms with Crippen molar-refractivity contribution in [2.24, 2.45) is 0 Å². The minimum atomic E-state index is -0.316. The van der Waals surface area contributed by atoms with Crippen LogP contribution < -0.4 is 0 Å². The molecule has 2 amide bonds. The van der Waals surface area contributed by atoms with Gasteiger partial charge in [-0.05, 0) is 32.9 Å². The third-order valence-corrected chi connectivity index (χ3v) is 4.60. The van der Waals surface area contributed by atoms with Gasteiger partial charge in [0.1, 0.15) is 0 Å². The number of ether oxygens (including phenoxy) is 1. The molecule has 0 aliphatic carbocycles. The van der Waals surface area contributed by atoms with Crippen molar-refractivity contribution in [2.45, 2.75) is 20.8 Å². The monoisotopic (exact) mass is 356 g/mol. The molecule has 138 valence electrons. The first-order chi connectivity index (χ1) is 12.5. The molecule has 2 aromatic rings. The second kappa shape index (κ2) is 7.59. The standard InChI is InChI=1S/C19H24N4O3/c1-4-26-19(25)22-12-10-21(11-13-22)18(24)17-14(2)20-23(15(17)3)16-8-6-5-7-9-16/h5-9H,4,10-13H2,1-3H3. The van der Waals surface area contributed by atoms with Crippen molar-refractivity contribution in [2.75, 3.05) is 32.8 Å². The molecular weight excluding hydrogens is 332 g/mol. The van der Waals surface area contributed by atoms with Crippen molar-refractivity contribution in [3.05, 3.63) is 47.3 Å². The van der Waals surface area contributed by atoms with E-state index in [1.165, 1.54) is 0 Å². The zero-order chi connectivity index (χ0) is 18.7. The summed E-state index contributed by atoms with van der Waals surface area (Å²) in [6, 6.07) is 9.77. The fourth-order valence-electron chi connectivity index (χ4n) is 3.24. The number of hydrogen-bond acceptors (Lipinski definition) is 4. The fourth-order valence-corrected chi connectivity index (χ4v) is 3.24. The van der Waals surface area contributed by atoms with E-state index in [9.17, 15) is 9.59 Å². The van der Waals surface area contributed by atoms with E-state index in [0.717, 1.165) is 11.4 Å². The van der Waals surface area contributed by atoms with Crippen molar-refractivity contribution in [1.29, 1.82) is 0 Å². The summed E-state index contributed by atoms with van der Waals surface area (Å²) in [5.41, 5.74) is 3.11. The van der Waals surface area contributed by atoms with Crippen LogP contribution in [-0.2, 0) is 4.74 Å². The molecule has 1 saturated heterocycles. The summed E-state index contributed by atoms with van der Waals surface area (Å²) >= 11 is 0. The van der Waals surface area contributed by atoms with Gasteiger partial charge < -0.3 is 14.5 Å². The van der Waals surface area contributed by atoms with Gasteiger partial charge in [0.15, 0.2) is 0 Å². The molecule has 0 bridgehead atoms. The first-order valence-electron chi connectivity index (χ1n) is 8.85. The van der Waals surface area contributed by atoms with Crippen LogP contribution in [0.25, 0.3) is 5.69 Å². The summed E-state index contributed by atoms with van der Waals surface area (Å²) in [4.78, 5) is 28.2. The maximum atomic E-state index is 13.0. The molecule has 1 aromatic heterocycles. The zero-order valence-corrected chi connectivity index (χ0v) is 15.4. The van der Waals surface area contributed by atoms with Gasteiger partial charge in [0.2, 0.25) is 0 Å². The van der Waals surface area contributed by atoms with Gasteiger partial charge in [0.25, 0.3) is 5.91 Å². The summed E-state index contributed by atoms with van der Waals surface area (Å²) < 4.78 is 6.83. The first-order valence-corrected chi connectivity index (χ1v) is 8.85. The lowest BCUT2D eigenvalue weighted by Gasteiger charge is -2.34. The average Bonchev–Trinajstić information content (AvgIpc) is 2.96. The van der Waals surface area contributed by atoms with Gasteiger partial charge in [-0.2, -0.15) is 5.10 Å². The van der Waals surface area contributed by atoms with Crippen LogP contribution in [0.2, 0.25) is 0 Å². The molecule has 26 heavy (non-hydrogen) atoms. The van der Waals surface area contributed by atoms with E-state index in [2.05, 4.69) is 5.10 Å². The Kier molecular flexibility index (Phi) is 5.25. The molecule has 7 nitrogen and oxygen atoms in total. The largest absolute Gasteiger partial charge is 0.450 e. The lowest BCUT2D eigenvalue weighted by molar-refractivity contribution is 0.0569. The number of aromatic nitrogens is 2. The number of hydrogen-bond donors (Lipinski definition) is 0. The molecule has 7 heteroatoms. The quantitative estimate of drug-likeness (QED) is 0.847. The van der Waals surface area contributed by atoms with E-state index in [1.54, 1.807) is 21.4 Å². The highest BCUT2D eigenvalue weighted by Gasteiger charge is 2.29. The number of nitrogens with zero attached hydrogens (tertiary/aromatic N) is 4. The molecule has 0 atom stereocenters. The maximum absolute atomic E-state index is 13.0. The molecule has 1 aliphatic heterocycles. The van der Waals surface area contributed by atoms with Crippen LogP contribution in [0.1, 0.15) is 28.7 Å². The Morgan fingerprint density at radius 1 is 1.04 bits per heavy atom. The normalized spacial score (nSPS) is 14.4. The summed E-state index contributed by atoms with van der Waals surface area (Å²) in [7, 11) is 0. The van der Waals surface area contributed by atoms with E-state index < -0.39 is 0 Å². The lowest BCUT2D eigenvalue weighted by atomic mass is 10.1. The predicted molar refractivity (Wildman–Crippen MR) is 97.5 cm³/mol. The molecule has 0 spiro atoms. The zero-order valence-electron chi connectivity index (χ0n) is 15.4. The van der Waals surface area contributed by atoms with Gasteiger partial charge in [-0.25, -0.2) is 9.48 Å². The van der Waals surface area contributed by atoms with E-state index in [4.69, 9.17) is 4.74 Å².